The highest BCUT2D eigenvalue weighted by Gasteiger charge is 2.29. The van der Waals surface area contributed by atoms with Crippen LogP contribution in [0.3, 0.4) is 0 Å². The SMILES string of the molecule is Cc1cccc2c1CN1CC(=O)NC1=N2.Cl. The molecule has 1 saturated heterocycles. The predicted octanol–water partition coefficient (Wildman–Crippen LogP) is 1.35. The Morgan fingerprint density at radius 3 is 3.00 bits per heavy atom. The van der Waals surface area contributed by atoms with Gasteiger partial charge < -0.3 is 4.90 Å². The van der Waals surface area contributed by atoms with Crippen molar-refractivity contribution >= 4 is 30.0 Å². The number of fused-ring (bicyclic) bond motifs is 2. The first-order valence-electron chi connectivity index (χ1n) is 4.96. The topological polar surface area (TPSA) is 44.7 Å². The molecule has 2 aliphatic rings. The first kappa shape index (κ1) is 11.0. The highest BCUT2D eigenvalue weighted by atomic mass is 35.5. The van der Waals surface area contributed by atoms with E-state index in [1.165, 1.54) is 11.1 Å². The fraction of sp³-hybridized carbons (Fsp3) is 0.273. The quantitative estimate of drug-likeness (QED) is 0.740. The number of nitrogens with zero attached hydrogens (tertiary/aromatic N) is 2. The molecular weight excluding hydrogens is 226 g/mol. The smallest absolute Gasteiger partial charge is 0.246 e. The normalized spacial score (nSPS) is 16.9. The number of nitrogens with one attached hydrogen (secondary N) is 1. The maximum atomic E-state index is 11.2. The zero-order valence-corrected chi connectivity index (χ0v) is 9.67. The van der Waals surface area contributed by atoms with Crippen LogP contribution in [-0.2, 0) is 11.3 Å². The molecule has 0 aliphatic carbocycles. The second-order valence-electron chi connectivity index (χ2n) is 3.91. The minimum absolute atomic E-state index is 0. The zero-order chi connectivity index (χ0) is 10.4. The Labute approximate surface area is 99.8 Å². The summed E-state index contributed by atoms with van der Waals surface area (Å²) in [6, 6.07) is 6.05. The lowest BCUT2D eigenvalue weighted by atomic mass is 10.1. The molecule has 16 heavy (non-hydrogen) atoms. The molecular formula is C11H12ClN3O. The van der Waals surface area contributed by atoms with E-state index in [1.807, 2.05) is 17.0 Å². The zero-order valence-electron chi connectivity index (χ0n) is 8.86. The lowest BCUT2D eigenvalue weighted by Crippen LogP contribution is -2.32. The molecule has 5 heteroatoms. The van der Waals surface area contributed by atoms with Crippen molar-refractivity contribution in [1.29, 1.82) is 0 Å². The van der Waals surface area contributed by atoms with E-state index in [0.29, 0.717) is 12.5 Å². The van der Waals surface area contributed by atoms with Gasteiger partial charge in [0.15, 0.2) is 0 Å². The summed E-state index contributed by atoms with van der Waals surface area (Å²) in [6.07, 6.45) is 0. The molecule has 1 aromatic carbocycles. The Morgan fingerprint density at radius 1 is 1.38 bits per heavy atom. The molecule has 2 aliphatic heterocycles. The molecule has 4 nitrogen and oxygen atoms in total. The van der Waals surface area contributed by atoms with Gasteiger partial charge in [-0.3, -0.25) is 10.1 Å². The van der Waals surface area contributed by atoms with Crippen LogP contribution in [0.4, 0.5) is 5.69 Å². The van der Waals surface area contributed by atoms with Gasteiger partial charge in [-0.25, -0.2) is 4.99 Å². The lowest BCUT2D eigenvalue weighted by Gasteiger charge is -2.23. The van der Waals surface area contributed by atoms with Crippen LogP contribution >= 0.6 is 12.4 Å². The van der Waals surface area contributed by atoms with Gasteiger partial charge in [0.1, 0.15) is 6.54 Å². The standard InChI is InChI=1S/C11H11N3O.ClH/c1-7-3-2-4-9-8(7)5-14-6-10(15)13-11(14)12-9;/h2-4H,5-6H2,1H3,(H,12,13,15);1H. The van der Waals surface area contributed by atoms with Gasteiger partial charge in [0.05, 0.1) is 5.69 Å². The molecule has 1 fully saturated rings. The second-order valence-corrected chi connectivity index (χ2v) is 3.91. The summed E-state index contributed by atoms with van der Waals surface area (Å²) in [4.78, 5) is 17.6. The molecule has 0 bridgehead atoms. The molecule has 0 spiro atoms. The largest absolute Gasteiger partial charge is 0.329 e. The first-order valence-corrected chi connectivity index (χ1v) is 4.96. The maximum Gasteiger partial charge on any atom is 0.246 e. The van der Waals surface area contributed by atoms with Crippen molar-refractivity contribution in [2.45, 2.75) is 13.5 Å². The van der Waals surface area contributed by atoms with Crippen molar-refractivity contribution in [1.82, 2.24) is 10.2 Å². The number of halogens is 1. The average Bonchev–Trinajstić information content (AvgIpc) is 2.55. The van der Waals surface area contributed by atoms with Crippen molar-refractivity contribution in [3.63, 3.8) is 0 Å². The van der Waals surface area contributed by atoms with Gasteiger partial charge in [-0.15, -0.1) is 12.4 Å². The third kappa shape index (κ3) is 1.55. The van der Waals surface area contributed by atoms with Crippen LogP contribution in [0.25, 0.3) is 0 Å². The maximum absolute atomic E-state index is 11.2. The number of benzene rings is 1. The number of hydrogen-bond acceptors (Lipinski definition) is 3. The predicted molar refractivity (Wildman–Crippen MR) is 64.1 cm³/mol. The number of guanidine groups is 1. The van der Waals surface area contributed by atoms with Crippen LogP contribution in [-0.4, -0.2) is 23.3 Å². The third-order valence-electron chi connectivity index (χ3n) is 2.85. The van der Waals surface area contributed by atoms with E-state index in [4.69, 9.17) is 0 Å². The molecule has 2 heterocycles. The highest BCUT2D eigenvalue weighted by Crippen LogP contribution is 2.29. The van der Waals surface area contributed by atoms with E-state index in [-0.39, 0.29) is 18.3 Å². The lowest BCUT2D eigenvalue weighted by molar-refractivity contribution is -0.118. The number of aliphatic imine (C=N–C) groups is 1. The molecule has 84 valence electrons. The first-order chi connectivity index (χ1) is 7.24. The van der Waals surface area contributed by atoms with Crippen LogP contribution in [0.15, 0.2) is 23.2 Å². The minimum atomic E-state index is 0. The van der Waals surface area contributed by atoms with Crippen molar-refractivity contribution < 1.29 is 4.79 Å². The molecule has 1 N–H and O–H groups in total. The molecule has 3 rings (SSSR count). The summed E-state index contributed by atoms with van der Waals surface area (Å²) >= 11 is 0. The molecule has 0 radical (unpaired) electrons. The second kappa shape index (κ2) is 3.79. The van der Waals surface area contributed by atoms with Gasteiger partial charge in [-0.2, -0.15) is 0 Å². The highest BCUT2D eigenvalue weighted by molar-refractivity contribution is 6.05. The van der Waals surface area contributed by atoms with E-state index < -0.39 is 0 Å². The summed E-state index contributed by atoms with van der Waals surface area (Å²) in [6.45, 7) is 3.27. The van der Waals surface area contributed by atoms with Gasteiger partial charge in [-0.05, 0) is 18.6 Å². The van der Waals surface area contributed by atoms with Crippen molar-refractivity contribution in [2.24, 2.45) is 4.99 Å². The Kier molecular flexibility index (Phi) is 2.59. The van der Waals surface area contributed by atoms with Crippen molar-refractivity contribution in [3.8, 4) is 0 Å². The van der Waals surface area contributed by atoms with Gasteiger partial charge in [0, 0.05) is 12.1 Å². The number of amides is 1. The Morgan fingerprint density at radius 2 is 2.19 bits per heavy atom. The average molecular weight is 238 g/mol. The number of hydrogen-bond donors (Lipinski definition) is 1. The fourth-order valence-corrected chi connectivity index (χ4v) is 2.02. The van der Waals surface area contributed by atoms with E-state index in [9.17, 15) is 4.79 Å². The Balaban J connectivity index is 0.000000963. The minimum Gasteiger partial charge on any atom is -0.329 e. The van der Waals surface area contributed by atoms with Crippen molar-refractivity contribution in [2.75, 3.05) is 6.54 Å². The monoisotopic (exact) mass is 237 g/mol. The van der Waals surface area contributed by atoms with Crippen LogP contribution in [0.2, 0.25) is 0 Å². The molecule has 1 amide bonds. The van der Waals surface area contributed by atoms with Gasteiger partial charge in [-0.1, -0.05) is 12.1 Å². The van der Waals surface area contributed by atoms with Crippen LogP contribution in [0.1, 0.15) is 11.1 Å². The molecule has 1 aromatic rings. The van der Waals surface area contributed by atoms with E-state index in [2.05, 4.69) is 23.3 Å². The summed E-state index contributed by atoms with van der Waals surface area (Å²) < 4.78 is 0. The van der Waals surface area contributed by atoms with Crippen LogP contribution in [0.5, 0.6) is 0 Å². The van der Waals surface area contributed by atoms with Crippen molar-refractivity contribution in [3.05, 3.63) is 29.3 Å². The molecule has 0 unspecified atom stereocenters. The summed E-state index contributed by atoms with van der Waals surface area (Å²) in [5.74, 6) is 0.720. The van der Waals surface area contributed by atoms with Gasteiger partial charge in [0.25, 0.3) is 0 Å². The summed E-state index contributed by atoms with van der Waals surface area (Å²) in [7, 11) is 0. The van der Waals surface area contributed by atoms with Crippen LogP contribution < -0.4 is 5.32 Å². The van der Waals surface area contributed by atoms with Gasteiger partial charge >= 0.3 is 0 Å². The molecule has 0 atom stereocenters. The van der Waals surface area contributed by atoms with Gasteiger partial charge in [0.2, 0.25) is 11.9 Å². The Bertz CT molecular complexity index is 484. The van der Waals surface area contributed by atoms with E-state index >= 15 is 0 Å². The fourth-order valence-electron chi connectivity index (χ4n) is 2.02. The Hall–Kier alpha value is -1.55. The summed E-state index contributed by atoms with van der Waals surface area (Å²) in [5, 5.41) is 2.75. The number of rotatable bonds is 0. The number of carbonyl (C=O) groups excluding carboxylic acids is 1. The molecule has 0 saturated carbocycles. The third-order valence-corrected chi connectivity index (χ3v) is 2.85. The van der Waals surface area contributed by atoms with Crippen LogP contribution in [0, 0.1) is 6.92 Å². The van der Waals surface area contributed by atoms with E-state index in [0.717, 1.165) is 12.2 Å². The number of aryl methyl sites for hydroxylation is 1. The molecule has 0 aromatic heterocycles. The van der Waals surface area contributed by atoms with E-state index in [1.54, 1.807) is 0 Å². The summed E-state index contributed by atoms with van der Waals surface area (Å²) in [5.41, 5.74) is 3.43. The number of carbonyl (C=O) groups is 1.